The predicted octanol–water partition coefficient (Wildman–Crippen LogP) is 2.27. The van der Waals surface area contributed by atoms with Crippen molar-refractivity contribution < 1.29 is 33.5 Å². The monoisotopic (exact) mass is 383 g/mol. The van der Waals surface area contributed by atoms with Crippen LogP contribution in [0.4, 0.5) is 0 Å². The minimum absolute atomic E-state index is 0.0551. The van der Waals surface area contributed by atoms with Crippen molar-refractivity contribution in [2.75, 3.05) is 6.61 Å². The number of nitrogens with zero attached hydrogens (tertiary/aromatic N) is 1. The minimum atomic E-state index is -1.06. The third kappa shape index (κ3) is 4.17. The maximum atomic E-state index is 12.4. The maximum absolute atomic E-state index is 12.4. The van der Waals surface area contributed by atoms with E-state index in [-0.39, 0.29) is 17.7 Å². The van der Waals surface area contributed by atoms with E-state index in [0.717, 1.165) is 5.56 Å². The predicted molar refractivity (Wildman–Crippen MR) is 95.1 cm³/mol. The molecule has 0 fully saturated rings. The number of ether oxygens (including phenoxy) is 2. The van der Waals surface area contributed by atoms with Crippen LogP contribution in [-0.4, -0.2) is 35.4 Å². The van der Waals surface area contributed by atoms with Crippen LogP contribution in [0.1, 0.15) is 39.6 Å². The smallest absolute Gasteiger partial charge is 0.344 e. The van der Waals surface area contributed by atoms with E-state index in [4.69, 9.17) is 9.57 Å². The number of hydrogen-bond donors (Lipinski definition) is 0. The molecule has 1 aliphatic heterocycles. The van der Waals surface area contributed by atoms with Crippen molar-refractivity contribution in [2.45, 2.75) is 20.0 Å². The lowest BCUT2D eigenvalue weighted by Crippen LogP contribution is -2.33. The highest BCUT2D eigenvalue weighted by atomic mass is 16.7. The Hall–Kier alpha value is -3.68. The second-order valence-electron chi connectivity index (χ2n) is 5.83. The van der Waals surface area contributed by atoms with Crippen LogP contribution in [0.25, 0.3) is 0 Å². The number of rotatable bonds is 7. The van der Waals surface area contributed by atoms with Crippen molar-refractivity contribution in [1.29, 1.82) is 0 Å². The van der Waals surface area contributed by atoms with Gasteiger partial charge in [0.1, 0.15) is 18.8 Å². The highest BCUT2D eigenvalue weighted by Crippen LogP contribution is 2.27. The lowest BCUT2D eigenvalue weighted by Gasteiger charge is -2.12. The molecule has 2 amide bonds. The molecule has 0 unspecified atom stereocenters. The van der Waals surface area contributed by atoms with Crippen molar-refractivity contribution in [3.05, 3.63) is 65.2 Å². The highest BCUT2D eigenvalue weighted by Gasteiger charge is 2.39. The van der Waals surface area contributed by atoms with E-state index in [2.05, 4.69) is 4.74 Å². The molecular formula is C20H17NO7. The first-order valence-corrected chi connectivity index (χ1v) is 8.55. The first-order valence-electron chi connectivity index (χ1n) is 8.55. The summed E-state index contributed by atoms with van der Waals surface area (Å²) in [5, 5.41) is 0.340. The summed E-state index contributed by atoms with van der Waals surface area (Å²) in [5.41, 5.74) is 1.08. The largest absolute Gasteiger partial charge is 0.489 e. The van der Waals surface area contributed by atoms with Crippen LogP contribution in [-0.2, 0) is 25.8 Å². The molecule has 3 rings (SSSR count). The van der Waals surface area contributed by atoms with Gasteiger partial charge in [0.05, 0.1) is 17.7 Å². The average molecular weight is 383 g/mol. The number of benzene rings is 2. The normalized spacial score (nSPS) is 12.5. The average Bonchev–Trinajstić information content (AvgIpc) is 2.92. The number of hydroxylamine groups is 2. The number of carbonyl (C=O) groups is 4. The van der Waals surface area contributed by atoms with E-state index in [1.807, 2.05) is 30.3 Å². The minimum Gasteiger partial charge on any atom is -0.489 e. The van der Waals surface area contributed by atoms with Crippen LogP contribution in [0.2, 0.25) is 0 Å². The molecule has 28 heavy (non-hydrogen) atoms. The zero-order valence-electron chi connectivity index (χ0n) is 15.0. The van der Waals surface area contributed by atoms with Gasteiger partial charge in [0.15, 0.2) is 0 Å². The number of hydrogen-bond acceptors (Lipinski definition) is 7. The van der Waals surface area contributed by atoms with Crippen molar-refractivity contribution in [3.63, 3.8) is 0 Å². The van der Waals surface area contributed by atoms with Gasteiger partial charge in [0.2, 0.25) is 0 Å². The van der Waals surface area contributed by atoms with Crippen LogP contribution in [0, 0.1) is 0 Å². The lowest BCUT2D eigenvalue weighted by molar-refractivity contribution is -0.172. The van der Waals surface area contributed by atoms with E-state index in [9.17, 15) is 19.2 Å². The Morgan fingerprint density at radius 1 is 0.929 bits per heavy atom. The Balaban J connectivity index is 1.67. The molecule has 1 heterocycles. The molecule has 0 aliphatic carbocycles. The Morgan fingerprint density at radius 2 is 1.64 bits per heavy atom. The van der Waals surface area contributed by atoms with Gasteiger partial charge in [-0.05, 0) is 30.7 Å². The van der Waals surface area contributed by atoms with Crippen molar-refractivity contribution >= 4 is 23.8 Å². The number of imide groups is 1. The number of esters is 1. The summed E-state index contributed by atoms with van der Waals surface area (Å²) >= 11 is 0. The maximum Gasteiger partial charge on any atom is 0.344 e. The summed E-state index contributed by atoms with van der Waals surface area (Å²) in [6, 6.07) is 13.8. The topological polar surface area (TPSA) is 99.2 Å². The molecule has 0 N–H and O–H groups in total. The molecule has 0 saturated carbocycles. The van der Waals surface area contributed by atoms with E-state index >= 15 is 0 Å². The molecule has 0 spiro atoms. The first-order chi connectivity index (χ1) is 13.5. The summed E-state index contributed by atoms with van der Waals surface area (Å²) in [6.45, 7) is 1.98. The van der Waals surface area contributed by atoms with Crippen LogP contribution in [0.5, 0.6) is 5.75 Å². The van der Waals surface area contributed by atoms with E-state index in [1.54, 1.807) is 13.0 Å². The summed E-state index contributed by atoms with van der Waals surface area (Å²) in [4.78, 5) is 52.6. The molecule has 0 atom stereocenters. The molecule has 8 nitrogen and oxygen atoms in total. The standard InChI is InChI=1S/C20H17NO7/c1-2-26-17(22)11-18(23)28-21-19(24)15-9-8-14(10-16(15)20(21)25)27-12-13-6-4-3-5-7-13/h3-10H,2,11-12H2,1H3. The van der Waals surface area contributed by atoms with Gasteiger partial charge < -0.3 is 14.3 Å². The number of amides is 2. The highest BCUT2D eigenvalue weighted by molar-refractivity contribution is 6.21. The molecule has 144 valence electrons. The van der Waals surface area contributed by atoms with Crippen LogP contribution in [0.15, 0.2) is 48.5 Å². The van der Waals surface area contributed by atoms with E-state index in [0.29, 0.717) is 17.4 Å². The first kappa shape index (κ1) is 19.1. The van der Waals surface area contributed by atoms with Crippen molar-refractivity contribution in [1.82, 2.24) is 5.06 Å². The number of fused-ring (bicyclic) bond motifs is 1. The Labute approximate surface area is 160 Å². The SMILES string of the molecule is CCOC(=O)CC(=O)ON1C(=O)c2ccc(OCc3ccccc3)cc2C1=O. The third-order valence-electron chi connectivity index (χ3n) is 3.86. The Bertz CT molecular complexity index is 923. The summed E-state index contributed by atoms with van der Waals surface area (Å²) in [6.07, 6.45) is -0.702. The molecule has 0 saturated heterocycles. The summed E-state index contributed by atoms with van der Waals surface area (Å²) in [7, 11) is 0. The second-order valence-corrected chi connectivity index (χ2v) is 5.83. The van der Waals surface area contributed by atoms with Crippen LogP contribution in [0.3, 0.4) is 0 Å². The van der Waals surface area contributed by atoms with Gasteiger partial charge in [0.25, 0.3) is 11.8 Å². The Morgan fingerprint density at radius 3 is 2.36 bits per heavy atom. The molecule has 0 radical (unpaired) electrons. The fourth-order valence-corrected chi connectivity index (χ4v) is 2.58. The molecular weight excluding hydrogens is 366 g/mol. The van der Waals surface area contributed by atoms with Crippen LogP contribution >= 0.6 is 0 Å². The van der Waals surface area contributed by atoms with Crippen molar-refractivity contribution in [2.24, 2.45) is 0 Å². The summed E-state index contributed by atoms with van der Waals surface area (Å²) < 4.78 is 10.3. The zero-order chi connectivity index (χ0) is 20.1. The van der Waals surface area contributed by atoms with Gasteiger partial charge >= 0.3 is 11.9 Å². The van der Waals surface area contributed by atoms with E-state index in [1.165, 1.54) is 12.1 Å². The Kier molecular flexibility index (Phi) is 5.69. The van der Waals surface area contributed by atoms with Crippen molar-refractivity contribution in [3.8, 4) is 5.75 Å². The van der Waals surface area contributed by atoms with Gasteiger partial charge in [-0.3, -0.25) is 14.4 Å². The van der Waals surface area contributed by atoms with Gasteiger partial charge in [-0.25, -0.2) is 4.79 Å². The molecule has 8 heteroatoms. The molecule has 0 aromatic heterocycles. The van der Waals surface area contributed by atoms with Gasteiger partial charge in [0, 0.05) is 0 Å². The summed E-state index contributed by atoms with van der Waals surface area (Å²) in [5.74, 6) is -3.06. The fourth-order valence-electron chi connectivity index (χ4n) is 2.58. The number of carbonyl (C=O) groups excluding carboxylic acids is 4. The molecule has 0 bridgehead atoms. The van der Waals surface area contributed by atoms with Crippen LogP contribution < -0.4 is 4.74 Å². The van der Waals surface area contributed by atoms with E-state index < -0.39 is 30.2 Å². The quantitative estimate of drug-likeness (QED) is 0.411. The molecule has 1 aliphatic rings. The fraction of sp³-hybridized carbons (Fsp3) is 0.200. The van der Waals surface area contributed by atoms with Gasteiger partial charge in [-0.1, -0.05) is 35.4 Å². The van der Waals surface area contributed by atoms with Gasteiger partial charge in [-0.2, -0.15) is 0 Å². The zero-order valence-corrected chi connectivity index (χ0v) is 15.0. The lowest BCUT2D eigenvalue weighted by atomic mass is 10.1. The molecule has 2 aromatic carbocycles. The second kappa shape index (κ2) is 8.34. The molecule has 2 aromatic rings. The third-order valence-corrected chi connectivity index (χ3v) is 3.86. The van der Waals surface area contributed by atoms with Gasteiger partial charge in [-0.15, -0.1) is 0 Å².